The van der Waals surface area contributed by atoms with E-state index >= 15 is 0 Å². The second-order valence-corrected chi connectivity index (χ2v) is 3.33. The third kappa shape index (κ3) is 2.34. The Kier molecular flexibility index (Phi) is 3.29. The summed E-state index contributed by atoms with van der Waals surface area (Å²) in [5.41, 5.74) is 5.92. The van der Waals surface area contributed by atoms with Gasteiger partial charge < -0.3 is 10.7 Å². The number of nitrogens with one attached hydrogen (secondary N) is 1. The molecule has 0 saturated heterocycles. The van der Waals surface area contributed by atoms with Gasteiger partial charge in [0, 0.05) is 12.4 Å². The van der Waals surface area contributed by atoms with Gasteiger partial charge in [-0.2, -0.15) is 0 Å². The molecule has 3 heteroatoms. The predicted molar refractivity (Wildman–Crippen MR) is 49.6 cm³/mol. The molecule has 1 heterocycles. The molecule has 0 radical (unpaired) electrons. The molecule has 3 N–H and O–H groups in total. The summed E-state index contributed by atoms with van der Waals surface area (Å²) in [4.78, 5) is 7.15. The molecule has 0 aliphatic carbocycles. The Morgan fingerprint density at radius 2 is 2.42 bits per heavy atom. The number of hydrogen-bond donors (Lipinski definition) is 2. The maximum absolute atomic E-state index is 5.92. The summed E-state index contributed by atoms with van der Waals surface area (Å²) in [5, 5.41) is 0. The van der Waals surface area contributed by atoms with E-state index in [0.29, 0.717) is 5.92 Å². The van der Waals surface area contributed by atoms with Crippen LogP contribution in [0.1, 0.15) is 38.6 Å². The van der Waals surface area contributed by atoms with Crippen molar-refractivity contribution in [3.05, 3.63) is 18.2 Å². The van der Waals surface area contributed by atoms with Crippen molar-refractivity contribution in [1.29, 1.82) is 0 Å². The predicted octanol–water partition coefficient (Wildman–Crippen LogP) is 1.85. The molecule has 0 saturated carbocycles. The van der Waals surface area contributed by atoms with Crippen molar-refractivity contribution in [2.75, 3.05) is 0 Å². The monoisotopic (exact) mass is 167 g/mol. The molecule has 1 aromatic rings. The van der Waals surface area contributed by atoms with Gasteiger partial charge >= 0.3 is 0 Å². The van der Waals surface area contributed by atoms with E-state index in [9.17, 15) is 0 Å². The second kappa shape index (κ2) is 4.26. The lowest BCUT2D eigenvalue weighted by molar-refractivity contribution is 0.451. The Morgan fingerprint density at radius 3 is 2.92 bits per heavy atom. The van der Waals surface area contributed by atoms with Crippen LogP contribution in [0.5, 0.6) is 0 Å². The molecule has 2 atom stereocenters. The number of hydrogen-bond acceptors (Lipinski definition) is 2. The SMILES string of the molecule is CCC(C)CC(N)c1ncc[nH]1. The first-order valence-corrected chi connectivity index (χ1v) is 4.49. The maximum atomic E-state index is 5.92. The molecule has 0 aliphatic rings. The zero-order valence-electron chi connectivity index (χ0n) is 7.75. The molecule has 0 fully saturated rings. The van der Waals surface area contributed by atoms with Crippen molar-refractivity contribution < 1.29 is 0 Å². The fraction of sp³-hybridized carbons (Fsp3) is 0.667. The van der Waals surface area contributed by atoms with Gasteiger partial charge in [-0.1, -0.05) is 20.3 Å². The molecule has 0 aliphatic heterocycles. The molecule has 0 aromatic carbocycles. The summed E-state index contributed by atoms with van der Waals surface area (Å²) in [7, 11) is 0. The van der Waals surface area contributed by atoms with Crippen LogP contribution in [0.4, 0.5) is 0 Å². The number of nitrogens with zero attached hydrogens (tertiary/aromatic N) is 1. The average molecular weight is 167 g/mol. The summed E-state index contributed by atoms with van der Waals surface area (Å²) in [6, 6.07) is 0.0648. The summed E-state index contributed by atoms with van der Waals surface area (Å²) in [6.45, 7) is 4.39. The third-order valence-corrected chi connectivity index (χ3v) is 2.22. The Bertz CT molecular complexity index is 206. The number of aromatic amines is 1. The van der Waals surface area contributed by atoms with Crippen molar-refractivity contribution >= 4 is 0 Å². The van der Waals surface area contributed by atoms with Crippen LogP contribution < -0.4 is 5.73 Å². The zero-order chi connectivity index (χ0) is 8.97. The minimum Gasteiger partial charge on any atom is -0.347 e. The number of nitrogens with two attached hydrogens (primary N) is 1. The van der Waals surface area contributed by atoms with Crippen LogP contribution in [0.3, 0.4) is 0 Å². The molecular weight excluding hydrogens is 150 g/mol. The smallest absolute Gasteiger partial charge is 0.123 e. The van der Waals surface area contributed by atoms with Crippen LogP contribution in [-0.4, -0.2) is 9.97 Å². The summed E-state index contributed by atoms with van der Waals surface area (Å²) in [6.07, 6.45) is 5.73. The number of aromatic nitrogens is 2. The number of H-pyrrole nitrogens is 1. The van der Waals surface area contributed by atoms with Crippen LogP contribution in [-0.2, 0) is 0 Å². The largest absolute Gasteiger partial charge is 0.347 e. The van der Waals surface area contributed by atoms with E-state index in [4.69, 9.17) is 5.73 Å². The lowest BCUT2D eigenvalue weighted by Crippen LogP contribution is -2.15. The Hall–Kier alpha value is -0.830. The van der Waals surface area contributed by atoms with Crippen molar-refractivity contribution in [1.82, 2.24) is 9.97 Å². The molecule has 0 amide bonds. The van der Waals surface area contributed by atoms with E-state index in [0.717, 1.165) is 12.2 Å². The van der Waals surface area contributed by atoms with Gasteiger partial charge in [0.1, 0.15) is 5.82 Å². The molecule has 0 spiro atoms. The normalized spacial score (nSPS) is 15.9. The molecular formula is C9H17N3. The van der Waals surface area contributed by atoms with E-state index in [2.05, 4.69) is 23.8 Å². The van der Waals surface area contributed by atoms with Crippen LogP contribution in [0.15, 0.2) is 12.4 Å². The number of rotatable bonds is 4. The van der Waals surface area contributed by atoms with Gasteiger partial charge in [-0.15, -0.1) is 0 Å². The van der Waals surface area contributed by atoms with E-state index in [1.807, 2.05) is 6.20 Å². The van der Waals surface area contributed by atoms with Crippen molar-refractivity contribution in [3.63, 3.8) is 0 Å². The van der Waals surface area contributed by atoms with Crippen LogP contribution in [0, 0.1) is 5.92 Å². The lowest BCUT2D eigenvalue weighted by Gasteiger charge is -2.13. The summed E-state index contributed by atoms with van der Waals surface area (Å²) < 4.78 is 0. The van der Waals surface area contributed by atoms with Gasteiger partial charge in [0.05, 0.1) is 6.04 Å². The average Bonchev–Trinajstić information content (AvgIpc) is 2.56. The van der Waals surface area contributed by atoms with Crippen LogP contribution in [0.25, 0.3) is 0 Å². The number of imidazole rings is 1. The summed E-state index contributed by atoms with van der Waals surface area (Å²) >= 11 is 0. The van der Waals surface area contributed by atoms with E-state index in [1.165, 1.54) is 6.42 Å². The Morgan fingerprint density at radius 1 is 1.67 bits per heavy atom. The first-order valence-electron chi connectivity index (χ1n) is 4.49. The molecule has 2 unspecified atom stereocenters. The summed E-state index contributed by atoms with van der Waals surface area (Å²) in [5.74, 6) is 1.57. The molecule has 1 aromatic heterocycles. The zero-order valence-corrected chi connectivity index (χ0v) is 7.75. The fourth-order valence-electron chi connectivity index (χ4n) is 1.19. The second-order valence-electron chi connectivity index (χ2n) is 3.33. The van der Waals surface area contributed by atoms with Crippen molar-refractivity contribution in [3.8, 4) is 0 Å². The van der Waals surface area contributed by atoms with Crippen LogP contribution >= 0.6 is 0 Å². The van der Waals surface area contributed by atoms with Gasteiger partial charge in [-0.25, -0.2) is 4.98 Å². The van der Waals surface area contributed by atoms with Crippen LogP contribution in [0.2, 0.25) is 0 Å². The molecule has 1 rings (SSSR count). The highest BCUT2D eigenvalue weighted by Gasteiger charge is 2.11. The Balaban J connectivity index is 2.44. The molecule has 3 nitrogen and oxygen atoms in total. The van der Waals surface area contributed by atoms with Gasteiger partial charge in [0.2, 0.25) is 0 Å². The first kappa shape index (κ1) is 9.26. The Labute approximate surface area is 73.4 Å². The fourth-order valence-corrected chi connectivity index (χ4v) is 1.19. The third-order valence-electron chi connectivity index (χ3n) is 2.22. The first-order chi connectivity index (χ1) is 5.74. The van der Waals surface area contributed by atoms with E-state index < -0.39 is 0 Å². The minimum absolute atomic E-state index is 0.0648. The van der Waals surface area contributed by atoms with Gasteiger partial charge in [-0.3, -0.25) is 0 Å². The van der Waals surface area contributed by atoms with Gasteiger partial charge in [-0.05, 0) is 12.3 Å². The maximum Gasteiger partial charge on any atom is 0.123 e. The van der Waals surface area contributed by atoms with Crippen molar-refractivity contribution in [2.45, 2.75) is 32.7 Å². The van der Waals surface area contributed by atoms with E-state index in [-0.39, 0.29) is 6.04 Å². The highest BCUT2D eigenvalue weighted by atomic mass is 14.9. The van der Waals surface area contributed by atoms with Crippen molar-refractivity contribution in [2.24, 2.45) is 11.7 Å². The molecule has 68 valence electrons. The lowest BCUT2D eigenvalue weighted by atomic mass is 10.00. The quantitative estimate of drug-likeness (QED) is 0.719. The highest BCUT2D eigenvalue weighted by molar-refractivity contribution is 4.94. The standard InChI is InChI=1S/C9H17N3/c1-3-7(2)6-8(10)9-11-4-5-12-9/h4-5,7-8H,3,6,10H2,1-2H3,(H,11,12). The van der Waals surface area contributed by atoms with E-state index in [1.54, 1.807) is 6.20 Å². The minimum atomic E-state index is 0.0648. The highest BCUT2D eigenvalue weighted by Crippen LogP contribution is 2.17. The topological polar surface area (TPSA) is 54.7 Å². The van der Waals surface area contributed by atoms with Gasteiger partial charge in [0.15, 0.2) is 0 Å². The molecule has 12 heavy (non-hydrogen) atoms. The van der Waals surface area contributed by atoms with Gasteiger partial charge in [0.25, 0.3) is 0 Å². The molecule has 0 bridgehead atoms.